The Bertz CT molecular complexity index is 727. The van der Waals surface area contributed by atoms with Gasteiger partial charge in [-0.2, -0.15) is 5.06 Å². The number of carbonyl (C=O) groups is 1. The van der Waals surface area contributed by atoms with Crippen LogP contribution in [0.5, 0.6) is 11.5 Å². The fourth-order valence-electron chi connectivity index (χ4n) is 3.16. The number of rotatable bonds is 7. The van der Waals surface area contributed by atoms with Crippen molar-refractivity contribution >= 4 is 34.3 Å². The molecule has 1 aromatic carbocycles. The topological polar surface area (TPSA) is 74.3 Å². The summed E-state index contributed by atoms with van der Waals surface area (Å²) in [7, 11) is 3.20. The number of carbonyl (C=O) groups excluding carboxylic acids is 1. The van der Waals surface area contributed by atoms with E-state index in [2.05, 4.69) is 5.32 Å². The Morgan fingerprint density at radius 1 is 1.36 bits per heavy atom. The van der Waals surface area contributed by atoms with Gasteiger partial charge in [0.25, 0.3) is 0 Å². The molecule has 7 nitrogen and oxygen atoms in total. The number of urea groups is 1. The molecule has 1 atom stereocenters. The van der Waals surface area contributed by atoms with Gasteiger partial charge in [0, 0.05) is 12.6 Å². The van der Waals surface area contributed by atoms with Gasteiger partial charge in [0.2, 0.25) is 0 Å². The van der Waals surface area contributed by atoms with Crippen LogP contribution in [0, 0.1) is 0 Å². The van der Waals surface area contributed by atoms with Crippen molar-refractivity contribution in [3.8, 4) is 11.5 Å². The zero-order valence-corrected chi connectivity index (χ0v) is 18.8. The predicted octanol–water partition coefficient (Wildman–Crippen LogP) is 3.49. The monoisotopic (exact) mass is 427 g/mol. The number of hydrogen-bond acceptors (Lipinski definition) is 6. The Kier molecular flexibility index (Phi) is 7.41. The van der Waals surface area contributed by atoms with E-state index in [4.69, 9.17) is 21.7 Å². The van der Waals surface area contributed by atoms with E-state index in [0.29, 0.717) is 28.8 Å². The fourth-order valence-corrected chi connectivity index (χ4v) is 5.09. The summed E-state index contributed by atoms with van der Waals surface area (Å²) in [5.41, 5.74) is 1.05. The Hall–Kier alpha value is -1.71. The first-order valence-corrected chi connectivity index (χ1v) is 10.3. The molecule has 0 aromatic heterocycles. The van der Waals surface area contributed by atoms with Gasteiger partial charge < -0.3 is 19.7 Å². The maximum Gasteiger partial charge on any atom is 0.343 e. The van der Waals surface area contributed by atoms with Gasteiger partial charge in [-0.05, 0) is 51.8 Å². The molecule has 1 saturated heterocycles. The van der Waals surface area contributed by atoms with Crippen molar-refractivity contribution in [1.82, 2.24) is 15.3 Å². The van der Waals surface area contributed by atoms with E-state index in [1.165, 1.54) is 11.8 Å². The number of benzene rings is 1. The van der Waals surface area contributed by atoms with Crippen molar-refractivity contribution < 1.29 is 19.5 Å². The van der Waals surface area contributed by atoms with Crippen molar-refractivity contribution in [1.29, 1.82) is 0 Å². The highest BCUT2D eigenvalue weighted by Gasteiger charge is 2.49. The molecule has 2 N–H and O–H groups in total. The molecule has 1 aliphatic rings. The SMILES string of the molecule is COc1ccc(CCN2C(=S)SC(C)(C)[C@@H]2N(O)C(=O)NC(C)C)cc1OC. The largest absolute Gasteiger partial charge is 0.493 e. The lowest BCUT2D eigenvalue weighted by atomic mass is 10.1. The van der Waals surface area contributed by atoms with Crippen LogP contribution in [0.2, 0.25) is 0 Å². The second-order valence-corrected chi connectivity index (χ2v) is 9.71. The smallest absolute Gasteiger partial charge is 0.343 e. The highest BCUT2D eigenvalue weighted by atomic mass is 32.2. The maximum absolute atomic E-state index is 12.4. The number of nitrogens with one attached hydrogen (secondary N) is 1. The normalized spacial score (nSPS) is 18.4. The average molecular weight is 428 g/mol. The molecule has 0 unspecified atom stereocenters. The summed E-state index contributed by atoms with van der Waals surface area (Å²) < 4.78 is 10.8. The van der Waals surface area contributed by atoms with Crippen LogP contribution in [0.15, 0.2) is 18.2 Å². The summed E-state index contributed by atoms with van der Waals surface area (Å²) in [5, 5.41) is 14.1. The van der Waals surface area contributed by atoms with Crippen molar-refractivity contribution in [2.45, 2.75) is 51.1 Å². The molecule has 28 heavy (non-hydrogen) atoms. The number of thiocarbonyl (C=S) groups is 1. The minimum atomic E-state index is -0.566. The van der Waals surface area contributed by atoms with Crippen molar-refractivity contribution in [2.24, 2.45) is 0 Å². The van der Waals surface area contributed by atoms with Crippen molar-refractivity contribution in [3.05, 3.63) is 23.8 Å². The average Bonchev–Trinajstić information content (AvgIpc) is 2.86. The van der Waals surface area contributed by atoms with Gasteiger partial charge in [-0.25, -0.2) is 4.79 Å². The van der Waals surface area contributed by atoms with Gasteiger partial charge in [-0.15, -0.1) is 0 Å². The Morgan fingerprint density at radius 2 is 2.00 bits per heavy atom. The quantitative estimate of drug-likeness (QED) is 0.392. The Morgan fingerprint density at radius 3 is 2.57 bits per heavy atom. The molecule has 0 aliphatic carbocycles. The molecule has 2 amide bonds. The number of ether oxygens (including phenoxy) is 2. The van der Waals surface area contributed by atoms with Gasteiger partial charge in [-0.3, -0.25) is 5.21 Å². The molecule has 156 valence electrons. The van der Waals surface area contributed by atoms with Crippen LogP contribution in [0.3, 0.4) is 0 Å². The van der Waals surface area contributed by atoms with Crippen LogP contribution < -0.4 is 14.8 Å². The third kappa shape index (κ3) is 5.01. The zero-order chi connectivity index (χ0) is 21.1. The summed E-state index contributed by atoms with van der Waals surface area (Å²) in [6.45, 7) is 8.19. The van der Waals surface area contributed by atoms with E-state index in [1.54, 1.807) is 14.2 Å². The minimum absolute atomic E-state index is 0.0773. The van der Waals surface area contributed by atoms with Gasteiger partial charge in [0.15, 0.2) is 11.5 Å². The summed E-state index contributed by atoms with van der Waals surface area (Å²) in [6, 6.07) is 5.14. The summed E-state index contributed by atoms with van der Waals surface area (Å²) >= 11 is 7.02. The number of nitrogens with zero attached hydrogens (tertiary/aromatic N) is 2. The second kappa shape index (κ2) is 9.19. The molecular formula is C19H29N3O4S2. The summed E-state index contributed by atoms with van der Waals surface area (Å²) in [6.07, 6.45) is 0.108. The third-order valence-electron chi connectivity index (χ3n) is 4.44. The lowest BCUT2D eigenvalue weighted by molar-refractivity contribution is -0.118. The molecule has 1 aromatic rings. The number of thioether (sulfide) groups is 1. The lowest BCUT2D eigenvalue weighted by Gasteiger charge is -2.37. The van der Waals surface area contributed by atoms with E-state index in [1.807, 2.05) is 50.8 Å². The molecule has 0 saturated carbocycles. The van der Waals surface area contributed by atoms with E-state index in [-0.39, 0.29) is 6.04 Å². The lowest BCUT2D eigenvalue weighted by Crippen LogP contribution is -2.57. The third-order valence-corrected chi connectivity index (χ3v) is 6.07. The molecule has 0 bridgehead atoms. The molecular weight excluding hydrogens is 398 g/mol. The Balaban J connectivity index is 2.17. The van der Waals surface area contributed by atoms with Crippen LogP contribution in [0.25, 0.3) is 0 Å². The van der Waals surface area contributed by atoms with E-state index in [9.17, 15) is 10.0 Å². The molecule has 1 fully saturated rings. The molecule has 2 rings (SSSR count). The van der Waals surface area contributed by atoms with Gasteiger partial charge >= 0.3 is 6.03 Å². The summed E-state index contributed by atoms with van der Waals surface area (Å²) in [4.78, 5) is 14.3. The standard InChI is InChI=1S/C19H29N3O4S2/c1-12(2)20-17(23)22(24)16-19(3,4)28-18(27)21(16)10-9-13-7-8-14(25-5)15(11-13)26-6/h7-8,11-12,16,24H,9-10H2,1-6H3,(H,20,23)/t16-/m0/s1. The highest BCUT2D eigenvalue weighted by Crippen LogP contribution is 2.42. The van der Waals surface area contributed by atoms with E-state index >= 15 is 0 Å². The fraction of sp³-hybridized carbons (Fsp3) is 0.579. The molecule has 0 spiro atoms. The number of hydroxylamine groups is 2. The minimum Gasteiger partial charge on any atom is -0.493 e. The van der Waals surface area contributed by atoms with E-state index < -0.39 is 16.9 Å². The molecule has 1 aliphatic heterocycles. The first-order chi connectivity index (χ1) is 13.1. The van der Waals surface area contributed by atoms with Crippen LogP contribution >= 0.6 is 24.0 Å². The molecule has 0 radical (unpaired) electrons. The van der Waals surface area contributed by atoms with Crippen LogP contribution in [0.4, 0.5) is 4.79 Å². The first-order valence-electron chi connectivity index (χ1n) is 9.09. The first kappa shape index (κ1) is 22.6. The predicted molar refractivity (Wildman–Crippen MR) is 115 cm³/mol. The summed E-state index contributed by atoms with van der Waals surface area (Å²) in [5.74, 6) is 1.33. The van der Waals surface area contributed by atoms with Gasteiger partial charge in [0.1, 0.15) is 10.5 Å². The number of hydrogen-bond donors (Lipinski definition) is 2. The van der Waals surface area contributed by atoms with Gasteiger partial charge in [0.05, 0.1) is 19.0 Å². The van der Waals surface area contributed by atoms with Crippen molar-refractivity contribution in [2.75, 3.05) is 20.8 Å². The van der Waals surface area contributed by atoms with Gasteiger partial charge in [-0.1, -0.05) is 30.0 Å². The van der Waals surface area contributed by atoms with Crippen LogP contribution in [-0.2, 0) is 6.42 Å². The number of amides is 2. The molecule has 9 heteroatoms. The van der Waals surface area contributed by atoms with Crippen LogP contribution in [-0.4, -0.2) is 63.2 Å². The maximum atomic E-state index is 12.4. The number of methoxy groups -OCH3 is 2. The van der Waals surface area contributed by atoms with Crippen LogP contribution in [0.1, 0.15) is 33.3 Å². The second-order valence-electron chi connectivity index (χ2n) is 7.43. The molecule has 1 heterocycles. The van der Waals surface area contributed by atoms with E-state index in [0.717, 1.165) is 10.6 Å². The zero-order valence-electron chi connectivity index (χ0n) is 17.2. The Labute approximate surface area is 176 Å². The highest BCUT2D eigenvalue weighted by molar-refractivity contribution is 8.24. The van der Waals surface area contributed by atoms with Crippen molar-refractivity contribution in [3.63, 3.8) is 0 Å².